The number of para-hydroxylation sites is 1. The fourth-order valence-corrected chi connectivity index (χ4v) is 2.25. The first-order chi connectivity index (χ1) is 7.83. The Bertz CT molecular complexity index is 502. The number of halogens is 1. The predicted molar refractivity (Wildman–Crippen MR) is 65.7 cm³/mol. The maximum atomic E-state index is 6.06. The molecule has 1 fully saturated rings. The van der Waals surface area contributed by atoms with Gasteiger partial charge in [0.25, 0.3) is 0 Å². The number of benzene rings is 1. The summed E-state index contributed by atoms with van der Waals surface area (Å²) in [5, 5.41) is 5.25. The molecule has 1 aliphatic carbocycles. The summed E-state index contributed by atoms with van der Waals surface area (Å²) in [5.41, 5.74) is 0.801. The van der Waals surface area contributed by atoms with Crippen LogP contribution in [0.3, 0.4) is 0 Å². The van der Waals surface area contributed by atoms with Gasteiger partial charge in [-0.2, -0.15) is 0 Å². The van der Waals surface area contributed by atoms with Crippen LogP contribution in [-0.2, 0) is 6.54 Å². The normalized spacial score (nSPS) is 16.6. The highest BCUT2D eigenvalue weighted by atomic mass is 35.5. The Labute approximate surface area is 99.6 Å². The molecule has 0 saturated heterocycles. The quantitative estimate of drug-likeness (QED) is 0.877. The molecular formula is C13H14ClNO. The Morgan fingerprint density at radius 1 is 1.38 bits per heavy atom. The van der Waals surface area contributed by atoms with E-state index in [-0.39, 0.29) is 0 Å². The van der Waals surface area contributed by atoms with Gasteiger partial charge in [0.1, 0.15) is 5.76 Å². The topological polar surface area (TPSA) is 25.2 Å². The minimum atomic E-state index is 0.684. The van der Waals surface area contributed by atoms with Crippen molar-refractivity contribution >= 4 is 22.6 Å². The van der Waals surface area contributed by atoms with Gasteiger partial charge in [-0.25, -0.2) is 0 Å². The van der Waals surface area contributed by atoms with Crippen molar-refractivity contribution in [2.24, 2.45) is 0 Å². The Kier molecular flexibility index (Phi) is 2.62. The second kappa shape index (κ2) is 4.11. The number of furan rings is 1. The first kappa shape index (κ1) is 10.2. The molecule has 0 radical (unpaired) electrons. The zero-order valence-electron chi connectivity index (χ0n) is 9.00. The van der Waals surface area contributed by atoms with E-state index in [1.54, 1.807) is 0 Å². The van der Waals surface area contributed by atoms with Crippen LogP contribution in [0.1, 0.15) is 25.0 Å². The van der Waals surface area contributed by atoms with Crippen molar-refractivity contribution in [1.29, 1.82) is 0 Å². The number of hydrogen-bond acceptors (Lipinski definition) is 2. The summed E-state index contributed by atoms with van der Waals surface area (Å²) in [4.78, 5) is 0. The molecule has 0 amide bonds. The van der Waals surface area contributed by atoms with E-state index in [1.165, 1.54) is 19.3 Å². The van der Waals surface area contributed by atoms with E-state index < -0.39 is 0 Å². The van der Waals surface area contributed by atoms with Crippen molar-refractivity contribution in [3.63, 3.8) is 0 Å². The molecule has 0 spiro atoms. The number of nitrogens with one attached hydrogen (secondary N) is 1. The smallest absolute Gasteiger partial charge is 0.152 e. The van der Waals surface area contributed by atoms with Gasteiger partial charge in [-0.1, -0.05) is 30.2 Å². The van der Waals surface area contributed by atoms with Gasteiger partial charge in [0.05, 0.1) is 11.6 Å². The van der Waals surface area contributed by atoms with E-state index in [1.807, 2.05) is 18.2 Å². The lowest BCUT2D eigenvalue weighted by Crippen LogP contribution is -2.34. The van der Waals surface area contributed by atoms with Crippen LogP contribution in [0.2, 0.25) is 5.02 Å². The molecule has 1 saturated carbocycles. The summed E-state index contributed by atoms with van der Waals surface area (Å²) < 4.78 is 5.72. The average Bonchev–Trinajstić information content (AvgIpc) is 2.60. The van der Waals surface area contributed by atoms with Crippen molar-refractivity contribution in [1.82, 2.24) is 5.32 Å². The summed E-state index contributed by atoms with van der Waals surface area (Å²) in [6.07, 6.45) is 3.94. The monoisotopic (exact) mass is 235 g/mol. The van der Waals surface area contributed by atoms with Crippen molar-refractivity contribution in [2.45, 2.75) is 31.8 Å². The fourth-order valence-electron chi connectivity index (χ4n) is 2.03. The molecule has 1 N–H and O–H groups in total. The molecule has 0 bridgehead atoms. The molecule has 3 rings (SSSR count). The molecule has 2 aromatic rings. The van der Waals surface area contributed by atoms with E-state index in [4.69, 9.17) is 16.0 Å². The Morgan fingerprint density at radius 3 is 2.94 bits per heavy atom. The van der Waals surface area contributed by atoms with Gasteiger partial charge >= 0.3 is 0 Å². The lowest BCUT2D eigenvalue weighted by Gasteiger charge is -2.25. The fraction of sp³-hybridized carbons (Fsp3) is 0.385. The molecule has 1 aromatic heterocycles. The van der Waals surface area contributed by atoms with Gasteiger partial charge in [-0.15, -0.1) is 0 Å². The third-order valence-electron chi connectivity index (χ3n) is 3.22. The van der Waals surface area contributed by atoms with Crippen LogP contribution in [0.4, 0.5) is 0 Å². The van der Waals surface area contributed by atoms with Gasteiger partial charge in [0, 0.05) is 11.4 Å². The number of hydrogen-bond donors (Lipinski definition) is 1. The van der Waals surface area contributed by atoms with Gasteiger partial charge in [0.2, 0.25) is 0 Å². The molecule has 3 heteroatoms. The molecule has 0 aliphatic heterocycles. The van der Waals surface area contributed by atoms with Crippen LogP contribution in [0.5, 0.6) is 0 Å². The largest absolute Gasteiger partial charge is 0.458 e. The van der Waals surface area contributed by atoms with Gasteiger partial charge in [-0.3, -0.25) is 0 Å². The molecule has 0 atom stereocenters. The summed E-state index contributed by atoms with van der Waals surface area (Å²) in [5.74, 6) is 0.968. The standard InChI is InChI=1S/C13H14ClNO/c14-12-6-1-3-9-7-11(16-13(9)12)8-15-10-4-2-5-10/h1,3,6-7,10,15H,2,4-5,8H2. The van der Waals surface area contributed by atoms with E-state index in [9.17, 15) is 0 Å². The average molecular weight is 236 g/mol. The van der Waals surface area contributed by atoms with Gasteiger partial charge in [0.15, 0.2) is 5.58 Å². The molecule has 1 aromatic carbocycles. The zero-order chi connectivity index (χ0) is 11.0. The van der Waals surface area contributed by atoms with Gasteiger partial charge < -0.3 is 9.73 Å². The highest BCUT2D eigenvalue weighted by Gasteiger charge is 2.17. The first-order valence-electron chi connectivity index (χ1n) is 5.73. The number of fused-ring (bicyclic) bond motifs is 1. The van der Waals surface area contributed by atoms with Crippen molar-refractivity contribution in [3.8, 4) is 0 Å². The van der Waals surface area contributed by atoms with Crippen LogP contribution < -0.4 is 5.32 Å². The van der Waals surface area contributed by atoms with E-state index in [2.05, 4.69) is 11.4 Å². The lowest BCUT2D eigenvalue weighted by atomic mass is 9.93. The molecule has 1 aliphatic rings. The Hall–Kier alpha value is -0.990. The van der Waals surface area contributed by atoms with Crippen LogP contribution >= 0.6 is 11.6 Å². The Balaban J connectivity index is 1.79. The van der Waals surface area contributed by atoms with Crippen LogP contribution in [0.15, 0.2) is 28.7 Å². The van der Waals surface area contributed by atoms with Gasteiger partial charge in [-0.05, 0) is 25.0 Å². The minimum absolute atomic E-state index is 0.684. The molecule has 1 heterocycles. The maximum absolute atomic E-state index is 6.06. The van der Waals surface area contributed by atoms with E-state index >= 15 is 0 Å². The second-order valence-electron chi connectivity index (χ2n) is 4.38. The lowest BCUT2D eigenvalue weighted by molar-refractivity contribution is 0.327. The molecular weight excluding hydrogens is 222 g/mol. The minimum Gasteiger partial charge on any atom is -0.458 e. The van der Waals surface area contributed by atoms with Crippen LogP contribution in [0, 0.1) is 0 Å². The van der Waals surface area contributed by atoms with Crippen molar-refractivity contribution in [3.05, 3.63) is 35.0 Å². The molecule has 0 unspecified atom stereocenters. The Morgan fingerprint density at radius 2 is 2.25 bits per heavy atom. The van der Waals surface area contributed by atoms with Crippen LogP contribution in [0.25, 0.3) is 11.0 Å². The molecule has 2 nitrogen and oxygen atoms in total. The summed E-state index contributed by atoms with van der Waals surface area (Å²) in [7, 11) is 0. The number of rotatable bonds is 3. The van der Waals surface area contributed by atoms with Crippen LogP contribution in [-0.4, -0.2) is 6.04 Å². The summed E-state index contributed by atoms with van der Waals surface area (Å²) >= 11 is 6.06. The first-order valence-corrected chi connectivity index (χ1v) is 6.11. The third-order valence-corrected chi connectivity index (χ3v) is 3.51. The third kappa shape index (κ3) is 1.83. The van der Waals surface area contributed by atoms with Crippen molar-refractivity contribution in [2.75, 3.05) is 0 Å². The maximum Gasteiger partial charge on any atom is 0.152 e. The highest BCUT2D eigenvalue weighted by Crippen LogP contribution is 2.27. The summed E-state index contributed by atoms with van der Waals surface area (Å²) in [6, 6.07) is 8.58. The predicted octanol–water partition coefficient (Wildman–Crippen LogP) is 3.73. The second-order valence-corrected chi connectivity index (χ2v) is 4.79. The van der Waals surface area contributed by atoms with E-state index in [0.29, 0.717) is 11.1 Å². The SMILES string of the molecule is Clc1cccc2cc(CNC3CCC3)oc12. The zero-order valence-corrected chi connectivity index (χ0v) is 9.76. The highest BCUT2D eigenvalue weighted by molar-refractivity contribution is 6.34. The molecule has 16 heavy (non-hydrogen) atoms. The molecule has 84 valence electrons. The summed E-state index contributed by atoms with van der Waals surface area (Å²) in [6.45, 7) is 0.801. The van der Waals surface area contributed by atoms with E-state index in [0.717, 1.165) is 23.3 Å². The van der Waals surface area contributed by atoms with Crippen molar-refractivity contribution < 1.29 is 4.42 Å².